The van der Waals surface area contributed by atoms with Crippen LogP contribution in [0, 0.1) is 0 Å². The molecule has 0 fully saturated rings. The molecule has 100 valence electrons. The average molecular weight is 263 g/mol. The molecule has 0 bridgehead atoms. The summed E-state index contributed by atoms with van der Waals surface area (Å²) in [5.41, 5.74) is 2.19. The minimum atomic E-state index is 0.780. The van der Waals surface area contributed by atoms with E-state index < -0.39 is 0 Å². The number of benzene rings is 2. The van der Waals surface area contributed by atoms with E-state index in [0.29, 0.717) is 0 Å². The van der Waals surface area contributed by atoms with Crippen molar-refractivity contribution < 1.29 is 0 Å². The fraction of sp³-hybridized carbons (Fsp3) is 0.176. The third-order valence-electron chi connectivity index (χ3n) is 3.31. The molecule has 0 saturated carbocycles. The van der Waals surface area contributed by atoms with Crippen molar-refractivity contribution in [1.29, 1.82) is 0 Å². The van der Waals surface area contributed by atoms with Gasteiger partial charge in [0.05, 0.1) is 0 Å². The molecule has 0 saturated heterocycles. The molecule has 3 nitrogen and oxygen atoms in total. The summed E-state index contributed by atoms with van der Waals surface area (Å²) in [6.45, 7) is 3.85. The first-order valence-electron chi connectivity index (χ1n) is 6.88. The van der Waals surface area contributed by atoms with Crippen molar-refractivity contribution in [3.63, 3.8) is 0 Å². The zero-order valence-corrected chi connectivity index (χ0v) is 11.5. The maximum absolute atomic E-state index is 4.50. The van der Waals surface area contributed by atoms with Gasteiger partial charge in [-0.25, -0.2) is 9.97 Å². The minimum Gasteiger partial charge on any atom is -0.313 e. The van der Waals surface area contributed by atoms with Gasteiger partial charge in [-0.15, -0.1) is 0 Å². The Balaban J connectivity index is 1.98. The summed E-state index contributed by atoms with van der Waals surface area (Å²) in [7, 11) is 0. The van der Waals surface area contributed by atoms with Crippen molar-refractivity contribution in [2.75, 3.05) is 6.54 Å². The van der Waals surface area contributed by atoms with Gasteiger partial charge in [-0.05, 0) is 17.3 Å². The lowest BCUT2D eigenvalue weighted by Crippen LogP contribution is -2.12. The topological polar surface area (TPSA) is 37.8 Å². The molecule has 0 aliphatic rings. The second kappa shape index (κ2) is 5.80. The quantitative estimate of drug-likeness (QED) is 0.784. The number of nitrogens with one attached hydrogen (secondary N) is 1. The molecule has 1 N–H and O–H groups in total. The normalized spacial score (nSPS) is 10.8. The van der Waals surface area contributed by atoms with Crippen LogP contribution >= 0.6 is 0 Å². The molecule has 0 unspecified atom stereocenters. The molecule has 1 aromatic heterocycles. The minimum absolute atomic E-state index is 0.780. The Kier molecular flexibility index (Phi) is 3.70. The third-order valence-corrected chi connectivity index (χ3v) is 3.31. The summed E-state index contributed by atoms with van der Waals surface area (Å²) in [5, 5.41) is 5.68. The van der Waals surface area contributed by atoms with E-state index in [1.54, 1.807) is 0 Å². The van der Waals surface area contributed by atoms with Crippen molar-refractivity contribution in [3.05, 3.63) is 60.4 Å². The predicted molar refractivity (Wildman–Crippen MR) is 82.4 cm³/mol. The molecule has 0 amide bonds. The Morgan fingerprint density at radius 1 is 0.950 bits per heavy atom. The van der Waals surface area contributed by atoms with Crippen molar-refractivity contribution in [3.8, 4) is 11.4 Å². The van der Waals surface area contributed by atoms with E-state index >= 15 is 0 Å². The number of aromatic nitrogens is 2. The van der Waals surface area contributed by atoms with Gasteiger partial charge in [-0.1, -0.05) is 49.4 Å². The Morgan fingerprint density at radius 3 is 2.50 bits per heavy atom. The lowest BCUT2D eigenvalue weighted by Gasteiger charge is -2.06. The van der Waals surface area contributed by atoms with Crippen LogP contribution in [0.25, 0.3) is 22.2 Å². The van der Waals surface area contributed by atoms with Crippen molar-refractivity contribution in [2.45, 2.75) is 13.5 Å². The summed E-state index contributed by atoms with van der Waals surface area (Å²) >= 11 is 0. The Hall–Kier alpha value is -2.26. The highest BCUT2D eigenvalue weighted by Crippen LogP contribution is 2.25. The molecule has 0 atom stereocenters. The van der Waals surface area contributed by atoms with Crippen molar-refractivity contribution in [1.82, 2.24) is 15.3 Å². The monoisotopic (exact) mass is 263 g/mol. The smallest absolute Gasteiger partial charge is 0.159 e. The molecule has 0 aliphatic carbocycles. The van der Waals surface area contributed by atoms with Crippen LogP contribution in [0.4, 0.5) is 0 Å². The molecule has 20 heavy (non-hydrogen) atoms. The molecule has 0 spiro atoms. The Labute approximate surface area is 118 Å². The highest BCUT2D eigenvalue weighted by molar-refractivity contribution is 5.94. The Morgan fingerprint density at radius 2 is 1.70 bits per heavy atom. The van der Waals surface area contributed by atoms with Crippen LogP contribution in [-0.4, -0.2) is 16.5 Å². The van der Waals surface area contributed by atoms with E-state index in [4.69, 9.17) is 0 Å². The van der Waals surface area contributed by atoms with Crippen LogP contribution in [0.5, 0.6) is 0 Å². The summed E-state index contributed by atoms with van der Waals surface area (Å²) in [4.78, 5) is 9.00. The lowest BCUT2D eigenvalue weighted by atomic mass is 10.0. The molecule has 3 aromatic rings. The fourth-order valence-corrected chi connectivity index (χ4v) is 2.27. The fourth-order valence-electron chi connectivity index (χ4n) is 2.27. The van der Waals surface area contributed by atoms with E-state index in [9.17, 15) is 0 Å². The SMILES string of the molecule is CCNCc1cnc(-c2cccc3ccccc23)nc1. The van der Waals surface area contributed by atoms with E-state index in [1.165, 1.54) is 10.8 Å². The molecule has 1 heterocycles. The molecule has 0 radical (unpaired) electrons. The average Bonchev–Trinajstić information content (AvgIpc) is 2.53. The van der Waals surface area contributed by atoms with E-state index in [-0.39, 0.29) is 0 Å². The maximum Gasteiger partial charge on any atom is 0.159 e. The van der Waals surface area contributed by atoms with Gasteiger partial charge in [0.15, 0.2) is 5.82 Å². The van der Waals surface area contributed by atoms with Crippen LogP contribution in [0.1, 0.15) is 12.5 Å². The van der Waals surface area contributed by atoms with E-state index in [1.807, 2.05) is 30.6 Å². The van der Waals surface area contributed by atoms with Crippen LogP contribution in [0.3, 0.4) is 0 Å². The molecule has 3 rings (SSSR count). The number of rotatable bonds is 4. The van der Waals surface area contributed by atoms with Gasteiger partial charge in [0.1, 0.15) is 0 Å². The van der Waals surface area contributed by atoms with Crippen LogP contribution < -0.4 is 5.32 Å². The third kappa shape index (κ3) is 2.53. The summed E-state index contributed by atoms with van der Waals surface area (Å²) in [5.74, 6) is 0.780. The molecule has 0 aliphatic heterocycles. The summed E-state index contributed by atoms with van der Waals surface area (Å²) in [6.07, 6.45) is 3.79. The van der Waals surface area contributed by atoms with Gasteiger partial charge in [-0.2, -0.15) is 0 Å². The zero-order chi connectivity index (χ0) is 13.8. The van der Waals surface area contributed by atoms with Gasteiger partial charge in [0.2, 0.25) is 0 Å². The highest BCUT2D eigenvalue weighted by Gasteiger charge is 2.05. The second-order valence-electron chi connectivity index (χ2n) is 4.72. The maximum atomic E-state index is 4.50. The first kappa shape index (κ1) is 12.8. The van der Waals surface area contributed by atoms with Gasteiger partial charge in [0.25, 0.3) is 0 Å². The number of nitrogens with zero attached hydrogens (tertiary/aromatic N) is 2. The Bertz CT molecular complexity index is 700. The molecule has 3 heteroatoms. The van der Waals surface area contributed by atoms with Gasteiger partial charge in [-0.3, -0.25) is 0 Å². The van der Waals surface area contributed by atoms with E-state index in [0.717, 1.165) is 30.0 Å². The number of hydrogen-bond acceptors (Lipinski definition) is 3. The van der Waals surface area contributed by atoms with E-state index in [2.05, 4.69) is 46.5 Å². The summed E-state index contributed by atoms with van der Waals surface area (Å²) < 4.78 is 0. The lowest BCUT2D eigenvalue weighted by molar-refractivity contribution is 0.721. The van der Waals surface area contributed by atoms with Crippen LogP contribution in [0.2, 0.25) is 0 Å². The number of hydrogen-bond donors (Lipinski definition) is 1. The van der Waals surface area contributed by atoms with Crippen molar-refractivity contribution in [2.24, 2.45) is 0 Å². The first-order valence-corrected chi connectivity index (χ1v) is 6.88. The molecular weight excluding hydrogens is 246 g/mol. The van der Waals surface area contributed by atoms with Crippen LogP contribution in [-0.2, 0) is 6.54 Å². The number of fused-ring (bicyclic) bond motifs is 1. The van der Waals surface area contributed by atoms with Gasteiger partial charge < -0.3 is 5.32 Å². The predicted octanol–water partition coefficient (Wildman–Crippen LogP) is 3.41. The zero-order valence-electron chi connectivity index (χ0n) is 11.5. The highest BCUT2D eigenvalue weighted by atomic mass is 14.9. The standard InChI is InChI=1S/C17H17N3/c1-2-18-10-13-11-19-17(20-12-13)16-9-5-7-14-6-3-4-8-15(14)16/h3-9,11-12,18H,2,10H2,1H3. The second-order valence-corrected chi connectivity index (χ2v) is 4.72. The first-order chi connectivity index (χ1) is 9.88. The summed E-state index contributed by atoms with van der Waals surface area (Å²) in [6, 6.07) is 14.5. The van der Waals surface area contributed by atoms with Crippen molar-refractivity contribution >= 4 is 10.8 Å². The van der Waals surface area contributed by atoms with Gasteiger partial charge >= 0.3 is 0 Å². The largest absolute Gasteiger partial charge is 0.313 e. The van der Waals surface area contributed by atoms with Crippen LogP contribution in [0.15, 0.2) is 54.9 Å². The molecular formula is C17H17N3. The van der Waals surface area contributed by atoms with Gasteiger partial charge in [0, 0.05) is 30.1 Å². The molecule has 2 aromatic carbocycles.